The quantitative estimate of drug-likeness (QED) is 0.591. The minimum atomic E-state index is -3.91. The molecule has 2 heterocycles. The molecule has 30 heavy (non-hydrogen) atoms. The van der Waals surface area contributed by atoms with Crippen LogP contribution < -0.4 is 5.63 Å². The van der Waals surface area contributed by atoms with E-state index in [0.29, 0.717) is 31.3 Å². The van der Waals surface area contributed by atoms with E-state index >= 15 is 0 Å². The van der Waals surface area contributed by atoms with Gasteiger partial charge in [0.05, 0.1) is 4.90 Å². The van der Waals surface area contributed by atoms with Gasteiger partial charge in [-0.2, -0.15) is 4.31 Å². The monoisotopic (exact) mass is 434 g/mol. The summed E-state index contributed by atoms with van der Waals surface area (Å²) in [6.45, 7) is 3.69. The number of hydrogen-bond acceptors (Lipinski definition) is 5. The van der Waals surface area contributed by atoms with E-state index in [0.717, 1.165) is 28.6 Å². The highest BCUT2D eigenvalue weighted by molar-refractivity contribution is 7.89. The summed E-state index contributed by atoms with van der Waals surface area (Å²) in [5, 5.41) is 0.844. The van der Waals surface area contributed by atoms with Crippen LogP contribution in [0.15, 0.2) is 56.6 Å². The molecule has 3 aromatic rings. The third-order valence-electron chi connectivity index (χ3n) is 5.24. The Balaban J connectivity index is 1.49. The first-order valence-corrected chi connectivity index (χ1v) is 10.9. The number of sulfonamides is 1. The molecule has 0 amide bonds. The number of aryl methyl sites for hydroxylation is 1. The molecule has 0 spiro atoms. The number of piperazine rings is 1. The van der Waals surface area contributed by atoms with Gasteiger partial charge in [0, 0.05) is 44.2 Å². The molecule has 1 aliphatic rings. The summed E-state index contributed by atoms with van der Waals surface area (Å²) in [6.07, 6.45) is 0. The van der Waals surface area contributed by atoms with E-state index in [9.17, 15) is 22.0 Å². The second-order valence-corrected chi connectivity index (χ2v) is 9.28. The lowest BCUT2D eigenvalue weighted by Gasteiger charge is -2.34. The lowest BCUT2D eigenvalue weighted by atomic mass is 10.1. The molecule has 158 valence electrons. The molecule has 0 saturated carbocycles. The summed E-state index contributed by atoms with van der Waals surface area (Å²) in [5.41, 5.74) is 1.90. The third-order valence-corrected chi connectivity index (χ3v) is 7.13. The second kappa shape index (κ2) is 7.90. The van der Waals surface area contributed by atoms with Gasteiger partial charge in [0.25, 0.3) is 0 Å². The summed E-state index contributed by atoms with van der Waals surface area (Å²) in [7, 11) is -3.91. The van der Waals surface area contributed by atoms with Gasteiger partial charge in [0.2, 0.25) is 10.0 Å². The molecule has 0 radical (unpaired) electrons. The van der Waals surface area contributed by atoms with E-state index in [-0.39, 0.29) is 18.0 Å². The minimum absolute atomic E-state index is 0.208. The van der Waals surface area contributed by atoms with Crippen molar-refractivity contribution in [2.45, 2.75) is 18.4 Å². The highest BCUT2D eigenvalue weighted by Crippen LogP contribution is 2.23. The molecule has 1 aromatic heterocycles. The van der Waals surface area contributed by atoms with Gasteiger partial charge in [-0.15, -0.1) is 0 Å². The standard InChI is InChI=1S/C21H20F2N2O4S/c1-14-2-4-17-15(11-21(26)29-20(17)10-14)13-24-6-8-25(9-7-24)30(27,28)16-3-5-18(22)19(23)12-16/h2-5,10-12H,6-9,13H2,1H3. The van der Waals surface area contributed by atoms with Crippen molar-refractivity contribution >= 4 is 21.0 Å². The van der Waals surface area contributed by atoms with Gasteiger partial charge < -0.3 is 4.42 Å². The molecule has 6 nitrogen and oxygen atoms in total. The smallest absolute Gasteiger partial charge is 0.336 e. The van der Waals surface area contributed by atoms with Crippen LogP contribution >= 0.6 is 0 Å². The Kier molecular flexibility index (Phi) is 5.44. The van der Waals surface area contributed by atoms with E-state index in [1.54, 1.807) is 0 Å². The number of rotatable bonds is 4. The van der Waals surface area contributed by atoms with Gasteiger partial charge in [-0.3, -0.25) is 4.90 Å². The van der Waals surface area contributed by atoms with Crippen molar-refractivity contribution in [3.63, 3.8) is 0 Å². The Morgan fingerprint density at radius 2 is 1.70 bits per heavy atom. The lowest BCUT2D eigenvalue weighted by Crippen LogP contribution is -2.48. The number of halogens is 2. The predicted octanol–water partition coefficient (Wildman–Crippen LogP) is 2.89. The van der Waals surface area contributed by atoms with Crippen molar-refractivity contribution in [2.24, 2.45) is 0 Å². The molecular formula is C21H20F2N2O4S. The van der Waals surface area contributed by atoms with Crippen molar-refractivity contribution in [2.75, 3.05) is 26.2 Å². The van der Waals surface area contributed by atoms with E-state index in [4.69, 9.17) is 4.42 Å². The van der Waals surface area contributed by atoms with Gasteiger partial charge in [-0.05, 0) is 42.3 Å². The third kappa shape index (κ3) is 4.00. The van der Waals surface area contributed by atoms with Crippen LogP contribution in [-0.4, -0.2) is 43.8 Å². The molecule has 9 heteroatoms. The first-order chi connectivity index (χ1) is 14.2. The van der Waals surface area contributed by atoms with Crippen molar-refractivity contribution < 1.29 is 21.6 Å². The van der Waals surface area contributed by atoms with Crippen LogP contribution in [0.5, 0.6) is 0 Å². The molecule has 0 bridgehead atoms. The average Bonchev–Trinajstić information content (AvgIpc) is 2.70. The Hall–Kier alpha value is -2.62. The van der Waals surface area contributed by atoms with Crippen LogP contribution in [0.2, 0.25) is 0 Å². The second-order valence-electron chi connectivity index (χ2n) is 7.35. The van der Waals surface area contributed by atoms with Crippen LogP contribution in [0.3, 0.4) is 0 Å². The van der Waals surface area contributed by atoms with Gasteiger partial charge in [0.15, 0.2) is 11.6 Å². The molecule has 1 saturated heterocycles. The number of benzene rings is 2. The number of nitrogens with zero attached hydrogens (tertiary/aromatic N) is 2. The van der Waals surface area contributed by atoms with Gasteiger partial charge in [-0.1, -0.05) is 12.1 Å². The Morgan fingerprint density at radius 1 is 0.967 bits per heavy atom. The molecule has 4 rings (SSSR count). The predicted molar refractivity (Wildman–Crippen MR) is 108 cm³/mol. The number of fused-ring (bicyclic) bond motifs is 1. The summed E-state index contributed by atoms with van der Waals surface area (Å²) in [5.74, 6) is -2.28. The maximum Gasteiger partial charge on any atom is 0.336 e. The van der Waals surface area contributed by atoms with Crippen LogP contribution in [0, 0.1) is 18.6 Å². The molecule has 1 fully saturated rings. The zero-order valence-electron chi connectivity index (χ0n) is 16.3. The summed E-state index contributed by atoms with van der Waals surface area (Å²) in [6, 6.07) is 9.71. The van der Waals surface area contributed by atoms with Gasteiger partial charge >= 0.3 is 5.63 Å². The average molecular weight is 434 g/mol. The van der Waals surface area contributed by atoms with Crippen LogP contribution in [-0.2, 0) is 16.6 Å². The molecule has 0 atom stereocenters. The minimum Gasteiger partial charge on any atom is -0.423 e. The zero-order valence-corrected chi connectivity index (χ0v) is 17.1. The highest BCUT2D eigenvalue weighted by atomic mass is 32.2. The fourth-order valence-corrected chi connectivity index (χ4v) is 5.06. The molecule has 2 aromatic carbocycles. The van der Waals surface area contributed by atoms with Crippen molar-refractivity contribution in [1.82, 2.24) is 9.21 Å². The van der Waals surface area contributed by atoms with E-state index in [1.165, 1.54) is 10.4 Å². The summed E-state index contributed by atoms with van der Waals surface area (Å²) in [4.78, 5) is 13.7. The highest BCUT2D eigenvalue weighted by Gasteiger charge is 2.29. The van der Waals surface area contributed by atoms with Crippen LogP contribution in [0.1, 0.15) is 11.1 Å². The SMILES string of the molecule is Cc1ccc2c(CN3CCN(S(=O)(=O)c4ccc(F)c(F)c4)CC3)cc(=O)oc2c1. The first kappa shape index (κ1) is 20.6. The molecular weight excluding hydrogens is 414 g/mol. The zero-order chi connectivity index (χ0) is 21.5. The molecule has 0 N–H and O–H groups in total. The molecule has 1 aliphatic heterocycles. The maximum absolute atomic E-state index is 13.5. The largest absolute Gasteiger partial charge is 0.423 e. The fraction of sp³-hybridized carbons (Fsp3) is 0.286. The summed E-state index contributed by atoms with van der Waals surface area (Å²) < 4.78 is 58.6. The topological polar surface area (TPSA) is 70.8 Å². The normalized spacial score (nSPS) is 16.2. The van der Waals surface area contributed by atoms with E-state index < -0.39 is 27.3 Å². The Bertz CT molecular complexity index is 1270. The van der Waals surface area contributed by atoms with Crippen LogP contribution in [0.25, 0.3) is 11.0 Å². The van der Waals surface area contributed by atoms with E-state index in [2.05, 4.69) is 0 Å². The molecule has 0 aliphatic carbocycles. The fourth-order valence-electron chi connectivity index (χ4n) is 3.62. The Labute approximate surface area is 172 Å². The van der Waals surface area contributed by atoms with Crippen molar-refractivity contribution in [1.29, 1.82) is 0 Å². The van der Waals surface area contributed by atoms with Gasteiger partial charge in [0.1, 0.15) is 5.58 Å². The van der Waals surface area contributed by atoms with E-state index in [1.807, 2.05) is 30.0 Å². The van der Waals surface area contributed by atoms with Crippen LogP contribution in [0.4, 0.5) is 8.78 Å². The molecule has 0 unspecified atom stereocenters. The lowest BCUT2D eigenvalue weighted by molar-refractivity contribution is 0.182. The number of hydrogen-bond donors (Lipinski definition) is 0. The maximum atomic E-state index is 13.5. The van der Waals surface area contributed by atoms with Crippen molar-refractivity contribution in [3.8, 4) is 0 Å². The summed E-state index contributed by atoms with van der Waals surface area (Å²) >= 11 is 0. The first-order valence-electron chi connectivity index (χ1n) is 9.45. The Morgan fingerprint density at radius 3 is 2.40 bits per heavy atom. The van der Waals surface area contributed by atoms with Gasteiger partial charge in [-0.25, -0.2) is 22.0 Å². The van der Waals surface area contributed by atoms with Crippen molar-refractivity contribution in [3.05, 3.63) is 75.6 Å².